The standard InChI is InChI=1S/C21H23Cl2N2O2S/c1-2-28(26,27)25(10-4-6-17(14-24)15-25)20-7-3-5-16(12-20)11-18-8-9-19(22)13-21(18)23/h3-9,12-13,15H,2,10-11,14,24H2,1H3/q+1. The van der Waals surface area contributed by atoms with Gasteiger partial charge in [0.1, 0.15) is 12.7 Å². The van der Waals surface area contributed by atoms with Gasteiger partial charge in [-0.3, -0.25) is 0 Å². The molecule has 0 fully saturated rings. The van der Waals surface area contributed by atoms with Crippen LogP contribution in [-0.2, 0) is 16.4 Å². The maximum absolute atomic E-state index is 13.1. The predicted octanol–water partition coefficient (Wildman–Crippen LogP) is 4.65. The summed E-state index contributed by atoms with van der Waals surface area (Å²) in [7, 11) is -3.47. The molecule has 0 radical (unpaired) electrons. The average Bonchev–Trinajstić information content (AvgIpc) is 2.70. The van der Waals surface area contributed by atoms with E-state index in [1.807, 2.05) is 42.5 Å². The van der Waals surface area contributed by atoms with Crippen LogP contribution in [0.3, 0.4) is 0 Å². The number of benzene rings is 2. The highest BCUT2D eigenvalue weighted by Gasteiger charge is 2.42. The summed E-state index contributed by atoms with van der Waals surface area (Å²) >= 11 is 12.3. The fourth-order valence-corrected chi connectivity index (χ4v) is 5.38. The molecule has 28 heavy (non-hydrogen) atoms. The zero-order valence-corrected chi connectivity index (χ0v) is 17.9. The van der Waals surface area contributed by atoms with Crippen molar-refractivity contribution >= 4 is 38.9 Å². The van der Waals surface area contributed by atoms with Crippen LogP contribution in [0, 0.1) is 0 Å². The first-order valence-corrected chi connectivity index (χ1v) is 11.4. The first kappa shape index (κ1) is 21.1. The van der Waals surface area contributed by atoms with Gasteiger partial charge >= 0.3 is 10.0 Å². The summed E-state index contributed by atoms with van der Waals surface area (Å²) in [5, 5.41) is 1.18. The zero-order valence-electron chi connectivity index (χ0n) is 15.6. The minimum Gasteiger partial charge on any atom is -0.326 e. The van der Waals surface area contributed by atoms with Crippen LogP contribution in [0.15, 0.2) is 66.4 Å². The van der Waals surface area contributed by atoms with Crippen LogP contribution >= 0.6 is 23.2 Å². The van der Waals surface area contributed by atoms with Gasteiger partial charge in [0.2, 0.25) is 0 Å². The highest BCUT2D eigenvalue weighted by Crippen LogP contribution is 2.34. The normalized spacial score (nSPS) is 19.5. The maximum atomic E-state index is 13.1. The molecule has 1 aliphatic heterocycles. The number of hydrogen-bond acceptors (Lipinski definition) is 3. The number of nitrogens with zero attached hydrogens (tertiary/aromatic N) is 1. The van der Waals surface area contributed by atoms with Crippen molar-refractivity contribution in [1.82, 2.24) is 3.89 Å². The second-order valence-electron chi connectivity index (χ2n) is 6.74. The molecule has 7 heteroatoms. The molecule has 1 heterocycles. The predicted molar refractivity (Wildman–Crippen MR) is 118 cm³/mol. The molecule has 0 amide bonds. The van der Waals surface area contributed by atoms with Crippen molar-refractivity contribution in [3.8, 4) is 0 Å². The second kappa shape index (κ2) is 8.39. The Morgan fingerprint density at radius 2 is 1.93 bits per heavy atom. The summed E-state index contributed by atoms with van der Waals surface area (Å²) in [6.45, 7) is 2.29. The molecule has 2 N–H and O–H groups in total. The lowest BCUT2D eigenvalue weighted by atomic mass is 10.0. The maximum Gasteiger partial charge on any atom is 0.306 e. The van der Waals surface area contributed by atoms with E-state index in [0.717, 1.165) is 16.7 Å². The third kappa shape index (κ3) is 4.04. The number of rotatable bonds is 6. The van der Waals surface area contributed by atoms with Gasteiger partial charge in [0, 0.05) is 34.3 Å². The largest absolute Gasteiger partial charge is 0.326 e. The Kier molecular flexibility index (Phi) is 6.32. The van der Waals surface area contributed by atoms with E-state index >= 15 is 0 Å². The van der Waals surface area contributed by atoms with Crippen molar-refractivity contribution < 1.29 is 8.42 Å². The van der Waals surface area contributed by atoms with Crippen LogP contribution in [0.25, 0.3) is 0 Å². The summed E-state index contributed by atoms with van der Waals surface area (Å²) < 4.78 is 26.0. The molecule has 0 aromatic heterocycles. The Morgan fingerprint density at radius 1 is 1.14 bits per heavy atom. The van der Waals surface area contributed by atoms with Crippen LogP contribution < -0.4 is 9.62 Å². The summed E-state index contributed by atoms with van der Waals surface area (Å²) in [5.41, 5.74) is 9.20. The molecule has 2 aromatic carbocycles. The van der Waals surface area contributed by atoms with Gasteiger partial charge in [0.15, 0.2) is 5.69 Å². The summed E-state index contributed by atoms with van der Waals surface area (Å²) in [5.74, 6) is 0.0302. The lowest BCUT2D eigenvalue weighted by molar-refractivity contribution is 0.511. The van der Waals surface area contributed by atoms with E-state index in [9.17, 15) is 8.42 Å². The highest BCUT2D eigenvalue weighted by atomic mass is 35.5. The van der Waals surface area contributed by atoms with E-state index in [1.54, 1.807) is 25.3 Å². The minimum absolute atomic E-state index is 0.0302. The molecule has 148 valence electrons. The van der Waals surface area contributed by atoms with Crippen molar-refractivity contribution in [1.29, 1.82) is 0 Å². The molecule has 1 aliphatic rings. The summed E-state index contributed by atoms with van der Waals surface area (Å²) in [6, 6.07) is 13.0. The quantitative estimate of drug-likeness (QED) is 0.668. The summed E-state index contributed by atoms with van der Waals surface area (Å²) in [6.07, 6.45) is 6.10. The molecule has 2 aromatic rings. The monoisotopic (exact) mass is 437 g/mol. The van der Waals surface area contributed by atoms with Crippen LogP contribution in [0.2, 0.25) is 10.0 Å². The fraction of sp³-hybridized carbons (Fsp3) is 0.238. The molecule has 0 spiro atoms. The number of hydrogen-bond donors (Lipinski definition) is 1. The van der Waals surface area contributed by atoms with Crippen molar-refractivity contribution in [2.24, 2.45) is 5.73 Å². The van der Waals surface area contributed by atoms with Gasteiger partial charge in [-0.25, -0.2) is 0 Å². The fourth-order valence-electron chi connectivity index (χ4n) is 3.40. The Hall–Kier alpha value is -1.63. The molecule has 0 saturated carbocycles. The number of nitrogens with two attached hydrogens (primary N) is 1. The molecule has 0 saturated heterocycles. The van der Waals surface area contributed by atoms with Crippen molar-refractivity contribution in [2.45, 2.75) is 13.3 Å². The van der Waals surface area contributed by atoms with Crippen LogP contribution in [0.4, 0.5) is 5.69 Å². The topological polar surface area (TPSA) is 60.2 Å². The van der Waals surface area contributed by atoms with E-state index < -0.39 is 10.0 Å². The SMILES string of the molecule is CCS(=O)(=O)[N+]1(c2cccc(Cc3ccc(Cl)cc3Cl)c2)C=C(CN)C=CC1. The smallest absolute Gasteiger partial charge is 0.306 e. The number of sulfonamides is 1. The lowest BCUT2D eigenvalue weighted by Crippen LogP contribution is -2.51. The molecule has 1 unspecified atom stereocenters. The van der Waals surface area contributed by atoms with E-state index in [4.69, 9.17) is 28.9 Å². The third-order valence-electron chi connectivity index (χ3n) is 4.94. The first-order chi connectivity index (χ1) is 13.3. The minimum atomic E-state index is -3.47. The second-order valence-corrected chi connectivity index (χ2v) is 9.98. The molecule has 1 atom stereocenters. The molecule has 4 nitrogen and oxygen atoms in total. The lowest BCUT2D eigenvalue weighted by Gasteiger charge is -2.34. The van der Waals surface area contributed by atoms with Gasteiger partial charge in [0.05, 0.1) is 5.75 Å². The Labute approximate surface area is 176 Å². The van der Waals surface area contributed by atoms with E-state index in [2.05, 4.69) is 0 Å². The Balaban J connectivity index is 2.07. The van der Waals surface area contributed by atoms with Crippen molar-refractivity contribution in [2.75, 3.05) is 18.8 Å². The average molecular weight is 438 g/mol. The highest BCUT2D eigenvalue weighted by molar-refractivity contribution is 7.91. The third-order valence-corrected chi connectivity index (χ3v) is 7.71. The number of halogens is 2. The molecule has 0 aliphatic carbocycles. The van der Waals surface area contributed by atoms with Gasteiger partial charge < -0.3 is 5.73 Å². The van der Waals surface area contributed by atoms with E-state index in [1.165, 1.54) is 0 Å². The molecular formula is C21H23Cl2N2O2S+. The number of quaternary nitrogens is 1. The molecule has 0 bridgehead atoms. The van der Waals surface area contributed by atoms with E-state index in [-0.39, 0.29) is 16.2 Å². The van der Waals surface area contributed by atoms with Gasteiger partial charge in [-0.2, -0.15) is 12.3 Å². The van der Waals surface area contributed by atoms with Crippen molar-refractivity contribution in [3.63, 3.8) is 0 Å². The van der Waals surface area contributed by atoms with Gasteiger partial charge in [-0.1, -0.05) is 47.5 Å². The van der Waals surface area contributed by atoms with E-state index in [0.29, 0.717) is 28.7 Å². The molecule has 3 rings (SSSR count). The van der Waals surface area contributed by atoms with Gasteiger partial charge in [-0.05, 0) is 42.7 Å². The van der Waals surface area contributed by atoms with Crippen LogP contribution in [-0.4, -0.2) is 27.3 Å². The van der Waals surface area contributed by atoms with Gasteiger partial charge in [0.25, 0.3) is 0 Å². The summed E-state index contributed by atoms with van der Waals surface area (Å²) in [4.78, 5) is 0. The Bertz CT molecular complexity index is 1050. The van der Waals surface area contributed by atoms with Crippen molar-refractivity contribution in [3.05, 3.63) is 87.6 Å². The first-order valence-electron chi connectivity index (χ1n) is 9.03. The molecular weight excluding hydrogens is 415 g/mol. The Morgan fingerprint density at radius 3 is 2.61 bits per heavy atom. The van der Waals surface area contributed by atoms with Crippen LogP contribution in [0.5, 0.6) is 0 Å². The van der Waals surface area contributed by atoms with Crippen LogP contribution in [0.1, 0.15) is 18.1 Å². The zero-order chi connectivity index (χ0) is 20.4. The van der Waals surface area contributed by atoms with Gasteiger partial charge in [-0.15, -0.1) is 0 Å².